The molecule has 0 radical (unpaired) electrons. The average Bonchev–Trinajstić information content (AvgIpc) is 2.39. The van der Waals surface area contributed by atoms with Crippen LogP contribution in [0.25, 0.3) is 0 Å². The minimum Gasteiger partial charge on any atom is -0.356 e. The molecule has 0 atom stereocenters. The van der Waals surface area contributed by atoms with Gasteiger partial charge in [0.1, 0.15) is 5.82 Å². The van der Waals surface area contributed by atoms with Gasteiger partial charge in [0.2, 0.25) is 0 Å². The molecule has 0 aliphatic carbocycles. The molecule has 0 aromatic carbocycles. The molecule has 1 fully saturated rings. The SMILES string of the molecule is CC(C)CNCc1cc(N2CCCC(C)(C)C2)ncc1Cl. The molecule has 2 heterocycles. The van der Waals surface area contributed by atoms with Crippen LogP contribution in [0.15, 0.2) is 12.3 Å². The third-order valence-electron chi connectivity index (χ3n) is 4.01. The molecule has 1 aromatic heterocycles. The van der Waals surface area contributed by atoms with E-state index in [1.807, 2.05) is 0 Å². The fourth-order valence-corrected chi connectivity index (χ4v) is 3.06. The van der Waals surface area contributed by atoms with Crippen LogP contribution in [0.1, 0.15) is 46.1 Å². The number of pyridine rings is 1. The molecule has 1 aliphatic rings. The maximum Gasteiger partial charge on any atom is 0.128 e. The Labute approximate surface area is 134 Å². The molecule has 0 amide bonds. The molecule has 0 unspecified atom stereocenters. The summed E-state index contributed by atoms with van der Waals surface area (Å²) >= 11 is 6.29. The van der Waals surface area contributed by atoms with Crippen molar-refractivity contribution in [1.82, 2.24) is 10.3 Å². The zero-order chi connectivity index (χ0) is 15.5. The van der Waals surface area contributed by atoms with Crippen molar-refractivity contribution in [3.63, 3.8) is 0 Å². The number of nitrogens with one attached hydrogen (secondary N) is 1. The van der Waals surface area contributed by atoms with Gasteiger partial charge in [-0.25, -0.2) is 4.98 Å². The second kappa shape index (κ2) is 6.97. The van der Waals surface area contributed by atoms with E-state index < -0.39 is 0 Å². The van der Waals surface area contributed by atoms with Crippen LogP contribution in [-0.4, -0.2) is 24.6 Å². The Morgan fingerprint density at radius 1 is 1.43 bits per heavy atom. The van der Waals surface area contributed by atoms with Gasteiger partial charge in [0.15, 0.2) is 0 Å². The topological polar surface area (TPSA) is 28.2 Å². The van der Waals surface area contributed by atoms with Crippen LogP contribution < -0.4 is 10.2 Å². The molecule has 4 heteroatoms. The van der Waals surface area contributed by atoms with E-state index in [0.717, 1.165) is 42.6 Å². The Balaban J connectivity index is 2.07. The quantitative estimate of drug-likeness (QED) is 0.887. The van der Waals surface area contributed by atoms with Crippen molar-refractivity contribution in [3.8, 4) is 0 Å². The highest BCUT2D eigenvalue weighted by atomic mass is 35.5. The Morgan fingerprint density at radius 3 is 2.86 bits per heavy atom. The molecular weight excluding hydrogens is 282 g/mol. The molecule has 118 valence electrons. The van der Waals surface area contributed by atoms with Crippen molar-refractivity contribution in [2.24, 2.45) is 11.3 Å². The normalized spacial score (nSPS) is 18.3. The molecule has 21 heavy (non-hydrogen) atoms. The van der Waals surface area contributed by atoms with E-state index in [-0.39, 0.29) is 0 Å². The number of piperidine rings is 1. The predicted octanol–water partition coefficient (Wildman–Crippen LogP) is 4.11. The summed E-state index contributed by atoms with van der Waals surface area (Å²) in [5, 5.41) is 4.21. The molecule has 1 saturated heterocycles. The second-order valence-electron chi connectivity index (χ2n) is 7.35. The number of rotatable bonds is 5. The summed E-state index contributed by atoms with van der Waals surface area (Å²) in [5.41, 5.74) is 1.51. The van der Waals surface area contributed by atoms with Crippen LogP contribution in [0.5, 0.6) is 0 Å². The van der Waals surface area contributed by atoms with Gasteiger partial charge in [0, 0.05) is 25.8 Å². The Morgan fingerprint density at radius 2 is 2.19 bits per heavy atom. The van der Waals surface area contributed by atoms with Crippen LogP contribution in [0.2, 0.25) is 5.02 Å². The maximum atomic E-state index is 6.29. The minimum absolute atomic E-state index is 0.371. The van der Waals surface area contributed by atoms with E-state index in [4.69, 9.17) is 11.6 Å². The van der Waals surface area contributed by atoms with Crippen molar-refractivity contribution < 1.29 is 0 Å². The summed E-state index contributed by atoms with van der Waals surface area (Å²) in [6.07, 6.45) is 4.32. The Kier molecular flexibility index (Phi) is 5.50. The van der Waals surface area contributed by atoms with Crippen molar-refractivity contribution in [2.75, 3.05) is 24.5 Å². The van der Waals surface area contributed by atoms with E-state index in [2.05, 4.69) is 49.0 Å². The summed E-state index contributed by atoms with van der Waals surface area (Å²) in [5.74, 6) is 1.71. The number of anilines is 1. The van der Waals surface area contributed by atoms with E-state index in [0.29, 0.717) is 11.3 Å². The summed E-state index contributed by atoms with van der Waals surface area (Å²) in [4.78, 5) is 6.93. The first-order chi connectivity index (χ1) is 9.87. The number of aromatic nitrogens is 1. The lowest BCUT2D eigenvalue weighted by Crippen LogP contribution is -2.40. The summed E-state index contributed by atoms with van der Waals surface area (Å²) in [7, 11) is 0. The molecule has 3 nitrogen and oxygen atoms in total. The fourth-order valence-electron chi connectivity index (χ4n) is 2.89. The van der Waals surface area contributed by atoms with Crippen LogP contribution in [-0.2, 0) is 6.54 Å². The molecule has 0 saturated carbocycles. The molecule has 1 aliphatic heterocycles. The monoisotopic (exact) mass is 309 g/mol. The highest BCUT2D eigenvalue weighted by molar-refractivity contribution is 6.31. The Hall–Kier alpha value is -0.800. The van der Waals surface area contributed by atoms with Gasteiger partial charge >= 0.3 is 0 Å². The number of nitrogens with zero attached hydrogens (tertiary/aromatic N) is 2. The smallest absolute Gasteiger partial charge is 0.128 e. The largest absolute Gasteiger partial charge is 0.356 e. The second-order valence-corrected chi connectivity index (χ2v) is 7.76. The van der Waals surface area contributed by atoms with E-state index in [1.165, 1.54) is 12.8 Å². The highest BCUT2D eigenvalue weighted by Crippen LogP contribution is 2.31. The van der Waals surface area contributed by atoms with E-state index in [1.54, 1.807) is 6.20 Å². The van der Waals surface area contributed by atoms with Crippen molar-refractivity contribution >= 4 is 17.4 Å². The lowest BCUT2D eigenvalue weighted by atomic mass is 9.84. The molecule has 0 spiro atoms. The lowest BCUT2D eigenvalue weighted by Gasteiger charge is -2.38. The van der Waals surface area contributed by atoms with E-state index in [9.17, 15) is 0 Å². The van der Waals surface area contributed by atoms with Gasteiger partial charge in [-0.05, 0) is 42.3 Å². The first-order valence-corrected chi connectivity index (χ1v) is 8.35. The minimum atomic E-state index is 0.371. The van der Waals surface area contributed by atoms with Crippen molar-refractivity contribution in [1.29, 1.82) is 0 Å². The molecule has 0 bridgehead atoms. The third-order valence-corrected chi connectivity index (χ3v) is 4.35. The van der Waals surface area contributed by atoms with Gasteiger partial charge in [-0.1, -0.05) is 39.3 Å². The summed E-state index contributed by atoms with van der Waals surface area (Å²) in [6, 6.07) is 2.15. The number of halogens is 1. The van der Waals surface area contributed by atoms with Gasteiger partial charge in [-0.15, -0.1) is 0 Å². The zero-order valence-corrected chi connectivity index (χ0v) is 14.5. The first kappa shape index (κ1) is 16.6. The van der Waals surface area contributed by atoms with Crippen LogP contribution >= 0.6 is 11.6 Å². The maximum absolute atomic E-state index is 6.29. The molecule has 2 rings (SSSR count). The number of hydrogen-bond donors (Lipinski definition) is 1. The predicted molar refractivity (Wildman–Crippen MR) is 91.0 cm³/mol. The van der Waals surface area contributed by atoms with Gasteiger partial charge in [0.25, 0.3) is 0 Å². The van der Waals surface area contributed by atoms with Crippen LogP contribution in [0.3, 0.4) is 0 Å². The first-order valence-electron chi connectivity index (χ1n) is 7.97. The summed E-state index contributed by atoms with van der Waals surface area (Å²) < 4.78 is 0. The summed E-state index contributed by atoms with van der Waals surface area (Å²) in [6.45, 7) is 13.1. The van der Waals surface area contributed by atoms with Crippen LogP contribution in [0, 0.1) is 11.3 Å². The number of hydrogen-bond acceptors (Lipinski definition) is 3. The van der Waals surface area contributed by atoms with Crippen molar-refractivity contribution in [2.45, 2.75) is 47.1 Å². The van der Waals surface area contributed by atoms with Crippen LogP contribution in [0.4, 0.5) is 5.82 Å². The highest BCUT2D eigenvalue weighted by Gasteiger charge is 2.27. The molecular formula is C17H28ClN3. The standard InChI is InChI=1S/C17H28ClN3/c1-13(2)9-19-10-14-8-16(20-11-15(14)18)21-7-5-6-17(3,4)12-21/h8,11,13,19H,5-7,9-10,12H2,1-4H3. The van der Waals surface area contributed by atoms with Gasteiger partial charge in [0.05, 0.1) is 5.02 Å². The molecule has 1 N–H and O–H groups in total. The Bertz CT molecular complexity index is 471. The van der Waals surface area contributed by atoms with Gasteiger partial charge in [-0.2, -0.15) is 0 Å². The lowest BCUT2D eigenvalue weighted by molar-refractivity contribution is 0.292. The van der Waals surface area contributed by atoms with Gasteiger partial charge in [-0.3, -0.25) is 0 Å². The third kappa shape index (κ3) is 4.86. The van der Waals surface area contributed by atoms with E-state index >= 15 is 0 Å². The van der Waals surface area contributed by atoms with Gasteiger partial charge < -0.3 is 10.2 Å². The fraction of sp³-hybridized carbons (Fsp3) is 0.706. The van der Waals surface area contributed by atoms with Crippen molar-refractivity contribution in [3.05, 3.63) is 22.8 Å². The average molecular weight is 310 g/mol. The zero-order valence-electron chi connectivity index (χ0n) is 13.7. The molecule has 1 aromatic rings.